The van der Waals surface area contributed by atoms with Gasteiger partial charge in [0.05, 0.1) is 30.5 Å². The highest BCUT2D eigenvalue weighted by Crippen LogP contribution is 2.40. The first-order valence-electron chi connectivity index (χ1n) is 9.93. The average molecular weight is 418 g/mol. The summed E-state index contributed by atoms with van der Waals surface area (Å²) in [6.45, 7) is 3.94. The predicted molar refractivity (Wildman–Crippen MR) is 113 cm³/mol. The Hall–Kier alpha value is -3.87. The van der Waals surface area contributed by atoms with Crippen LogP contribution in [-0.2, 0) is 16.1 Å². The summed E-state index contributed by atoms with van der Waals surface area (Å²) in [5, 5.41) is 11.1. The summed E-state index contributed by atoms with van der Waals surface area (Å²) in [6.07, 6.45) is 4.69. The molecule has 31 heavy (non-hydrogen) atoms. The number of furan rings is 1. The molecular weight excluding hydrogens is 396 g/mol. The minimum atomic E-state index is -0.764. The van der Waals surface area contributed by atoms with E-state index in [9.17, 15) is 14.7 Å². The van der Waals surface area contributed by atoms with E-state index in [1.807, 2.05) is 13.8 Å². The maximum absolute atomic E-state index is 13.0. The van der Waals surface area contributed by atoms with E-state index in [-0.39, 0.29) is 24.0 Å². The Morgan fingerprint density at radius 1 is 1.13 bits per heavy atom. The molecule has 1 aliphatic heterocycles. The van der Waals surface area contributed by atoms with Crippen LogP contribution in [0, 0.1) is 0 Å². The Kier molecular flexibility index (Phi) is 5.58. The van der Waals surface area contributed by atoms with Crippen molar-refractivity contribution in [1.82, 2.24) is 9.88 Å². The van der Waals surface area contributed by atoms with Gasteiger partial charge in [-0.1, -0.05) is 0 Å². The van der Waals surface area contributed by atoms with E-state index in [0.29, 0.717) is 22.6 Å². The number of hydrogen-bond donors (Lipinski definition) is 1. The molecule has 1 saturated heterocycles. The van der Waals surface area contributed by atoms with Gasteiger partial charge in [0.25, 0.3) is 11.7 Å². The fourth-order valence-electron chi connectivity index (χ4n) is 3.62. The number of rotatable bonds is 6. The van der Waals surface area contributed by atoms with Crippen LogP contribution in [0.1, 0.15) is 36.8 Å². The summed E-state index contributed by atoms with van der Waals surface area (Å²) < 4.78 is 11.0. The fraction of sp³-hybridized carbons (Fsp3) is 0.208. The molecule has 1 fully saturated rings. The molecule has 3 aromatic rings. The molecule has 2 aromatic heterocycles. The number of ether oxygens (including phenoxy) is 1. The molecule has 7 heteroatoms. The van der Waals surface area contributed by atoms with Crippen molar-refractivity contribution in [2.45, 2.75) is 32.5 Å². The molecule has 0 saturated carbocycles. The van der Waals surface area contributed by atoms with E-state index in [1.165, 1.54) is 11.2 Å². The maximum atomic E-state index is 13.0. The number of hydrogen-bond acceptors (Lipinski definition) is 6. The Bertz CT molecular complexity index is 1100. The van der Waals surface area contributed by atoms with Crippen molar-refractivity contribution < 1.29 is 23.8 Å². The van der Waals surface area contributed by atoms with Crippen molar-refractivity contribution in [3.05, 3.63) is 89.6 Å². The van der Waals surface area contributed by atoms with E-state index >= 15 is 0 Å². The number of aliphatic hydroxyl groups is 1. The molecule has 7 nitrogen and oxygen atoms in total. The minimum absolute atomic E-state index is 0.0121. The van der Waals surface area contributed by atoms with Gasteiger partial charge in [-0.15, -0.1) is 0 Å². The summed E-state index contributed by atoms with van der Waals surface area (Å²) in [6, 6.07) is 12.9. The van der Waals surface area contributed by atoms with Gasteiger partial charge in [0, 0.05) is 18.0 Å². The van der Waals surface area contributed by atoms with Crippen molar-refractivity contribution in [3.63, 3.8) is 0 Å². The van der Waals surface area contributed by atoms with Crippen LogP contribution in [-0.4, -0.2) is 32.8 Å². The predicted octanol–water partition coefficient (Wildman–Crippen LogP) is 4.08. The minimum Gasteiger partial charge on any atom is -0.507 e. The molecule has 1 aliphatic rings. The van der Waals surface area contributed by atoms with Crippen molar-refractivity contribution in [2.24, 2.45) is 0 Å². The first kappa shape index (κ1) is 20.4. The Morgan fingerprint density at radius 2 is 1.84 bits per heavy atom. The van der Waals surface area contributed by atoms with Gasteiger partial charge < -0.3 is 19.2 Å². The third-order valence-electron chi connectivity index (χ3n) is 4.97. The monoisotopic (exact) mass is 418 g/mol. The highest BCUT2D eigenvalue weighted by molar-refractivity contribution is 6.46. The molecule has 0 spiro atoms. The van der Waals surface area contributed by atoms with Crippen LogP contribution in [0.3, 0.4) is 0 Å². The lowest BCUT2D eigenvalue weighted by Gasteiger charge is -2.24. The van der Waals surface area contributed by atoms with Crippen LogP contribution < -0.4 is 4.74 Å². The zero-order chi connectivity index (χ0) is 22.0. The first-order chi connectivity index (χ1) is 15.0. The van der Waals surface area contributed by atoms with E-state index in [4.69, 9.17) is 9.15 Å². The number of pyridine rings is 1. The summed E-state index contributed by atoms with van der Waals surface area (Å²) in [5.74, 6) is -0.488. The lowest BCUT2D eigenvalue weighted by molar-refractivity contribution is -0.140. The van der Waals surface area contributed by atoms with Crippen LogP contribution in [0.15, 0.2) is 77.2 Å². The Balaban J connectivity index is 1.78. The molecule has 0 radical (unpaired) electrons. The fourth-order valence-corrected chi connectivity index (χ4v) is 3.62. The zero-order valence-electron chi connectivity index (χ0n) is 17.2. The van der Waals surface area contributed by atoms with Gasteiger partial charge in [-0.2, -0.15) is 0 Å². The molecule has 1 atom stereocenters. The van der Waals surface area contributed by atoms with Crippen molar-refractivity contribution in [2.75, 3.05) is 0 Å². The van der Waals surface area contributed by atoms with Gasteiger partial charge in [0.1, 0.15) is 17.3 Å². The molecule has 158 valence electrons. The molecule has 0 aliphatic carbocycles. The number of amides is 1. The highest BCUT2D eigenvalue weighted by Gasteiger charge is 2.46. The van der Waals surface area contributed by atoms with Crippen LogP contribution in [0.5, 0.6) is 5.75 Å². The average Bonchev–Trinajstić information content (AvgIpc) is 3.36. The van der Waals surface area contributed by atoms with E-state index < -0.39 is 17.7 Å². The number of aliphatic hydroxyl groups excluding tert-OH is 1. The van der Waals surface area contributed by atoms with Gasteiger partial charge in [-0.25, -0.2) is 0 Å². The van der Waals surface area contributed by atoms with E-state index in [1.54, 1.807) is 60.9 Å². The molecule has 4 rings (SSSR count). The van der Waals surface area contributed by atoms with Crippen LogP contribution in [0.2, 0.25) is 0 Å². The number of ketones is 1. The lowest BCUT2D eigenvalue weighted by Crippen LogP contribution is -2.29. The summed E-state index contributed by atoms with van der Waals surface area (Å²) in [7, 11) is 0. The van der Waals surface area contributed by atoms with Crippen molar-refractivity contribution in [3.8, 4) is 5.75 Å². The van der Waals surface area contributed by atoms with Crippen molar-refractivity contribution in [1.29, 1.82) is 0 Å². The summed E-state index contributed by atoms with van der Waals surface area (Å²) >= 11 is 0. The van der Waals surface area contributed by atoms with Gasteiger partial charge in [0.2, 0.25) is 0 Å². The molecule has 0 bridgehead atoms. The second kappa shape index (κ2) is 8.47. The lowest BCUT2D eigenvalue weighted by atomic mass is 9.96. The maximum Gasteiger partial charge on any atom is 0.296 e. The van der Waals surface area contributed by atoms with Gasteiger partial charge in [-0.05, 0) is 67.9 Å². The standard InChI is InChI=1S/C24H22N2O5/c1-15(2)31-18-7-5-17(6-8-18)22(27)20-21(16-9-11-25-12-10-16)26(24(29)23(20)28)14-19-4-3-13-30-19/h3-13,15,21,27H,14H2,1-2H3/b22-20-. The first-order valence-corrected chi connectivity index (χ1v) is 9.93. The number of Topliss-reactive ketones (excluding diaryl/α,β-unsaturated/α-hetero) is 1. The van der Waals surface area contributed by atoms with E-state index in [0.717, 1.165) is 0 Å². The molecule has 1 aromatic carbocycles. The normalized spacial score (nSPS) is 18.0. The number of aromatic nitrogens is 1. The third kappa shape index (κ3) is 4.07. The Morgan fingerprint density at radius 3 is 2.45 bits per heavy atom. The smallest absolute Gasteiger partial charge is 0.296 e. The molecule has 1 amide bonds. The topological polar surface area (TPSA) is 92.9 Å². The second-order valence-electron chi connectivity index (χ2n) is 7.48. The highest BCUT2D eigenvalue weighted by atomic mass is 16.5. The van der Waals surface area contributed by atoms with Crippen LogP contribution in [0.4, 0.5) is 0 Å². The van der Waals surface area contributed by atoms with Gasteiger partial charge in [0.15, 0.2) is 0 Å². The Labute approximate surface area is 179 Å². The third-order valence-corrected chi connectivity index (χ3v) is 4.97. The largest absolute Gasteiger partial charge is 0.507 e. The molecule has 3 heterocycles. The molecule has 1 unspecified atom stereocenters. The number of likely N-dealkylation sites (tertiary alicyclic amines) is 1. The quantitative estimate of drug-likeness (QED) is 0.368. The van der Waals surface area contributed by atoms with Gasteiger partial charge in [-0.3, -0.25) is 14.6 Å². The SMILES string of the molecule is CC(C)Oc1ccc(/C(O)=C2/C(=O)C(=O)N(Cc3ccco3)C2c2ccncc2)cc1. The zero-order valence-corrected chi connectivity index (χ0v) is 17.2. The number of nitrogens with zero attached hydrogens (tertiary/aromatic N) is 2. The number of benzene rings is 1. The number of carbonyl (C=O) groups is 2. The van der Waals surface area contributed by atoms with Gasteiger partial charge >= 0.3 is 0 Å². The van der Waals surface area contributed by atoms with Crippen molar-refractivity contribution >= 4 is 17.4 Å². The van der Waals surface area contributed by atoms with E-state index in [2.05, 4.69) is 4.98 Å². The molecular formula is C24H22N2O5. The number of carbonyl (C=O) groups excluding carboxylic acids is 2. The summed E-state index contributed by atoms with van der Waals surface area (Å²) in [5.41, 5.74) is 1.12. The van der Waals surface area contributed by atoms with Crippen LogP contribution in [0.25, 0.3) is 5.76 Å². The van der Waals surface area contributed by atoms with Crippen LogP contribution >= 0.6 is 0 Å². The molecule has 1 N–H and O–H groups in total. The summed E-state index contributed by atoms with van der Waals surface area (Å²) in [4.78, 5) is 31.3. The second-order valence-corrected chi connectivity index (χ2v) is 7.48.